The molecule has 0 spiro atoms. The first-order valence-electron chi connectivity index (χ1n) is 10.9. The Morgan fingerprint density at radius 2 is 1.21 bits per heavy atom. The van der Waals surface area contributed by atoms with E-state index in [2.05, 4.69) is 26.7 Å². The molecule has 0 saturated heterocycles. The van der Waals surface area contributed by atoms with E-state index in [1.54, 1.807) is 54.6 Å². The van der Waals surface area contributed by atoms with Crippen LogP contribution < -0.4 is 10.6 Å². The van der Waals surface area contributed by atoms with Gasteiger partial charge >= 0.3 is 11.9 Å². The largest absolute Gasteiger partial charge is 0.467 e. The molecular weight excluding hydrogens is 436 g/mol. The van der Waals surface area contributed by atoms with Gasteiger partial charge in [0.15, 0.2) is 0 Å². The zero-order valence-corrected chi connectivity index (χ0v) is 19.8. The third kappa shape index (κ3) is 9.68. The first-order chi connectivity index (χ1) is 16.4. The normalized spacial score (nSPS) is 11.5. The van der Waals surface area contributed by atoms with E-state index in [9.17, 15) is 19.2 Å². The highest BCUT2D eigenvalue weighted by Crippen LogP contribution is 2.04. The molecule has 0 aromatic heterocycles. The Balaban J connectivity index is 0.000000340. The van der Waals surface area contributed by atoms with Gasteiger partial charge in [0.25, 0.3) is 11.8 Å². The summed E-state index contributed by atoms with van der Waals surface area (Å²) in [4.78, 5) is 46.4. The average molecular weight is 469 g/mol. The maximum absolute atomic E-state index is 11.8. The number of esters is 2. The Kier molecular flexibility index (Phi) is 13.1. The van der Waals surface area contributed by atoms with Gasteiger partial charge < -0.3 is 20.1 Å². The summed E-state index contributed by atoms with van der Waals surface area (Å²) in [7, 11) is 2.60. The summed E-state index contributed by atoms with van der Waals surface area (Å²) in [6, 6.07) is 16.2. The van der Waals surface area contributed by atoms with Crippen molar-refractivity contribution in [1.29, 1.82) is 0 Å². The fraction of sp³-hybridized carbons (Fsp3) is 0.308. The van der Waals surface area contributed by atoms with Crippen molar-refractivity contribution in [2.24, 2.45) is 0 Å². The molecule has 2 aromatic rings. The number of hydrogen-bond donors (Lipinski definition) is 2. The van der Waals surface area contributed by atoms with Crippen LogP contribution >= 0.6 is 0 Å². The summed E-state index contributed by atoms with van der Waals surface area (Å²) in [5.41, 5.74) is 1.04. The third-order valence-corrected chi connectivity index (χ3v) is 4.63. The van der Waals surface area contributed by atoms with E-state index >= 15 is 0 Å². The predicted octanol–water partition coefficient (Wildman–Crippen LogP) is 3.29. The molecule has 2 rings (SSSR count). The standard InChI is InChI=1S/C13H17NO3.C13H15NO3/c2*1-3-7-11(13(16)17-2)14-12(15)10-8-5-4-6-9-10/h4-6,8-9,11H,3,7H2,1-2H3,(H,14,15);3-6,8-9,11H,1,7H2,2H3,(H,14,15)/t2*11-/m11/s1. The van der Waals surface area contributed by atoms with Crippen molar-refractivity contribution in [3.8, 4) is 0 Å². The Morgan fingerprint density at radius 1 is 0.794 bits per heavy atom. The molecule has 8 nitrogen and oxygen atoms in total. The van der Waals surface area contributed by atoms with Gasteiger partial charge in [-0.05, 0) is 37.1 Å². The molecule has 0 fully saturated rings. The molecule has 0 saturated carbocycles. The zero-order chi connectivity index (χ0) is 25.3. The number of benzene rings is 2. The Morgan fingerprint density at radius 3 is 1.59 bits per heavy atom. The minimum Gasteiger partial charge on any atom is -0.467 e. The highest BCUT2D eigenvalue weighted by Gasteiger charge is 2.21. The summed E-state index contributed by atoms with van der Waals surface area (Å²) in [6.45, 7) is 5.49. The monoisotopic (exact) mass is 468 g/mol. The van der Waals surface area contributed by atoms with Gasteiger partial charge in [0.2, 0.25) is 0 Å². The van der Waals surface area contributed by atoms with Crippen LogP contribution in [0.2, 0.25) is 0 Å². The maximum Gasteiger partial charge on any atom is 0.328 e. The van der Waals surface area contributed by atoms with Crippen LogP contribution in [0.15, 0.2) is 73.3 Å². The van der Waals surface area contributed by atoms with E-state index < -0.39 is 24.0 Å². The van der Waals surface area contributed by atoms with Gasteiger partial charge in [-0.15, -0.1) is 6.58 Å². The van der Waals surface area contributed by atoms with Crippen LogP contribution in [0, 0.1) is 0 Å². The minimum absolute atomic E-state index is 0.255. The average Bonchev–Trinajstić information content (AvgIpc) is 2.88. The van der Waals surface area contributed by atoms with Crippen molar-refractivity contribution in [2.75, 3.05) is 14.2 Å². The summed E-state index contributed by atoms with van der Waals surface area (Å²) in [5, 5.41) is 5.27. The number of amides is 2. The van der Waals surface area contributed by atoms with E-state index in [-0.39, 0.29) is 11.8 Å². The molecule has 0 heterocycles. The van der Waals surface area contributed by atoms with Crippen molar-refractivity contribution < 1.29 is 28.7 Å². The number of rotatable bonds is 10. The van der Waals surface area contributed by atoms with Gasteiger partial charge in [0, 0.05) is 11.1 Å². The fourth-order valence-corrected chi connectivity index (χ4v) is 2.87. The SMILES string of the molecule is C=CC[C@@H](NC(=O)c1ccccc1)C(=O)OC.CCC[C@@H](NC(=O)c1ccccc1)C(=O)OC. The molecule has 0 bridgehead atoms. The molecule has 2 amide bonds. The highest BCUT2D eigenvalue weighted by atomic mass is 16.5. The Bertz CT molecular complexity index is 931. The fourth-order valence-electron chi connectivity index (χ4n) is 2.87. The van der Waals surface area contributed by atoms with Crippen molar-refractivity contribution in [1.82, 2.24) is 10.6 Å². The van der Waals surface area contributed by atoms with E-state index in [0.29, 0.717) is 24.0 Å². The van der Waals surface area contributed by atoms with Gasteiger partial charge in [-0.25, -0.2) is 9.59 Å². The first kappa shape index (κ1) is 28.1. The number of carbonyl (C=O) groups is 4. The lowest BCUT2D eigenvalue weighted by atomic mass is 10.1. The lowest BCUT2D eigenvalue weighted by Gasteiger charge is -2.15. The van der Waals surface area contributed by atoms with E-state index in [0.717, 1.165) is 6.42 Å². The second kappa shape index (κ2) is 15.8. The summed E-state index contributed by atoms with van der Waals surface area (Å²) in [5.74, 6) is -1.44. The molecule has 0 radical (unpaired) electrons. The quantitative estimate of drug-likeness (QED) is 0.409. The van der Waals surface area contributed by atoms with E-state index in [4.69, 9.17) is 0 Å². The van der Waals surface area contributed by atoms with E-state index in [1.807, 2.05) is 19.1 Å². The minimum atomic E-state index is -0.690. The van der Waals surface area contributed by atoms with Crippen LogP contribution in [0.5, 0.6) is 0 Å². The summed E-state index contributed by atoms with van der Waals surface area (Å²) in [6.07, 6.45) is 3.28. The number of carbonyl (C=O) groups excluding carboxylic acids is 4. The number of methoxy groups -OCH3 is 2. The summed E-state index contributed by atoms with van der Waals surface area (Å²) >= 11 is 0. The first-order valence-corrected chi connectivity index (χ1v) is 10.9. The van der Waals surface area contributed by atoms with E-state index in [1.165, 1.54) is 14.2 Å². The Labute approximate surface area is 200 Å². The molecule has 0 aliphatic heterocycles. The number of hydrogen-bond acceptors (Lipinski definition) is 6. The highest BCUT2D eigenvalue weighted by molar-refractivity contribution is 5.97. The second-order valence-corrected chi connectivity index (χ2v) is 7.14. The second-order valence-electron chi connectivity index (χ2n) is 7.14. The van der Waals surface area contributed by atoms with Crippen LogP contribution in [-0.2, 0) is 19.1 Å². The van der Waals surface area contributed by atoms with Crippen LogP contribution in [0.3, 0.4) is 0 Å². The third-order valence-electron chi connectivity index (χ3n) is 4.63. The smallest absolute Gasteiger partial charge is 0.328 e. The lowest BCUT2D eigenvalue weighted by Crippen LogP contribution is -2.41. The molecule has 2 aromatic carbocycles. The van der Waals surface area contributed by atoms with Crippen LogP contribution in [0.4, 0.5) is 0 Å². The maximum atomic E-state index is 11.8. The topological polar surface area (TPSA) is 111 Å². The van der Waals surface area contributed by atoms with Crippen molar-refractivity contribution in [3.05, 3.63) is 84.4 Å². The molecular formula is C26H32N2O6. The molecule has 0 aliphatic rings. The molecule has 2 N–H and O–H groups in total. The number of nitrogens with one attached hydrogen (secondary N) is 2. The van der Waals surface area contributed by atoms with Gasteiger partial charge in [0.1, 0.15) is 12.1 Å². The van der Waals surface area contributed by atoms with Gasteiger partial charge in [-0.1, -0.05) is 55.8 Å². The lowest BCUT2D eigenvalue weighted by molar-refractivity contribution is -0.143. The van der Waals surface area contributed by atoms with Crippen LogP contribution in [0.25, 0.3) is 0 Å². The number of ether oxygens (including phenoxy) is 2. The molecule has 34 heavy (non-hydrogen) atoms. The zero-order valence-electron chi connectivity index (χ0n) is 19.8. The molecule has 0 unspecified atom stereocenters. The van der Waals surface area contributed by atoms with Gasteiger partial charge in [-0.2, -0.15) is 0 Å². The van der Waals surface area contributed by atoms with Crippen molar-refractivity contribution >= 4 is 23.8 Å². The van der Waals surface area contributed by atoms with Gasteiger partial charge in [0.05, 0.1) is 14.2 Å². The molecule has 2 atom stereocenters. The molecule has 182 valence electrons. The van der Waals surface area contributed by atoms with Gasteiger partial charge in [-0.3, -0.25) is 9.59 Å². The Hall–Kier alpha value is -3.94. The predicted molar refractivity (Wildman–Crippen MR) is 129 cm³/mol. The summed E-state index contributed by atoms with van der Waals surface area (Å²) < 4.78 is 9.25. The molecule has 0 aliphatic carbocycles. The van der Waals surface area contributed by atoms with Crippen molar-refractivity contribution in [2.45, 2.75) is 38.3 Å². The van der Waals surface area contributed by atoms with Crippen LogP contribution in [-0.4, -0.2) is 50.1 Å². The molecule has 8 heteroatoms. The van der Waals surface area contributed by atoms with Crippen molar-refractivity contribution in [3.63, 3.8) is 0 Å². The van der Waals surface area contributed by atoms with Crippen LogP contribution in [0.1, 0.15) is 46.9 Å².